The summed E-state index contributed by atoms with van der Waals surface area (Å²) in [5.41, 5.74) is -0.314. The average molecular weight is 187 g/mol. The van der Waals surface area contributed by atoms with Crippen LogP contribution in [0.1, 0.15) is 20.3 Å². The molecule has 0 aliphatic rings. The van der Waals surface area contributed by atoms with Crippen molar-refractivity contribution in [3.63, 3.8) is 0 Å². The van der Waals surface area contributed by atoms with Crippen molar-refractivity contribution in [1.82, 2.24) is 5.32 Å². The Morgan fingerprint density at radius 3 is 2.46 bits per heavy atom. The summed E-state index contributed by atoms with van der Waals surface area (Å²) in [5, 5.41) is 20.5. The van der Waals surface area contributed by atoms with Crippen LogP contribution in [0.4, 0.5) is 0 Å². The Labute approximate surface area is 78.3 Å². The van der Waals surface area contributed by atoms with Crippen LogP contribution in [0, 0.1) is 0 Å². The predicted octanol–water partition coefficient (Wildman–Crippen LogP) is 0.378. The van der Waals surface area contributed by atoms with Crippen LogP contribution in [0.3, 0.4) is 0 Å². The van der Waals surface area contributed by atoms with Gasteiger partial charge in [0.05, 0.1) is 6.61 Å². The molecule has 0 rings (SSSR count). The first-order chi connectivity index (χ1) is 5.95. The highest BCUT2D eigenvalue weighted by Gasteiger charge is 2.20. The second-order valence-electron chi connectivity index (χ2n) is 3.33. The fourth-order valence-corrected chi connectivity index (χ4v) is 0.688. The standard InChI is InChI=1S/C9H17NO3/c1-4-9(3,6-11)10-5-7(2)8(12)13/h10-11H,2,4-6H2,1,3H3,(H,12,13). The molecule has 13 heavy (non-hydrogen) atoms. The lowest BCUT2D eigenvalue weighted by Gasteiger charge is -2.27. The van der Waals surface area contributed by atoms with E-state index in [1.165, 1.54) is 0 Å². The normalized spacial score (nSPS) is 15.0. The summed E-state index contributed by atoms with van der Waals surface area (Å²) in [4.78, 5) is 10.4. The molecule has 3 N–H and O–H groups in total. The Balaban J connectivity index is 4.00. The van der Waals surface area contributed by atoms with E-state index < -0.39 is 11.5 Å². The maximum atomic E-state index is 10.4. The van der Waals surface area contributed by atoms with Crippen LogP contribution >= 0.6 is 0 Å². The number of aliphatic carboxylic acids is 1. The Morgan fingerprint density at radius 2 is 2.15 bits per heavy atom. The first-order valence-electron chi connectivity index (χ1n) is 4.22. The minimum absolute atomic E-state index is 0.0175. The maximum Gasteiger partial charge on any atom is 0.332 e. The van der Waals surface area contributed by atoms with Crippen molar-refractivity contribution in [2.75, 3.05) is 13.2 Å². The topological polar surface area (TPSA) is 69.6 Å². The number of aliphatic hydroxyl groups is 1. The molecule has 0 heterocycles. The van der Waals surface area contributed by atoms with Crippen LogP contribution in [-0.2, 0) is 4.79 Å². The lowest BCUT2D eigenvalue weighted by molar-refractivity contribution is -0.132. The van der Waals surface area contributed by atoms with Crippen molar-refractivity contribution in [2.24, 2.45) is 0 Å². The maximum absolute atomic E-state index is 10.4. The van der Waals surface area contributed by atoms with Gasteiger partial charge in [-0.2, -0.15) is 0 Å². The molecule has 0 spiro atoms. The third-order valence-corrected chi connectivity index (χ3v) is 2.16. The fraction of sp³-hybridized carbons (Fsp3) is 0.667. The number of hydrogen-bond acceptors (Lipinski definition) is 3. The Kier molecular flexibility index (Phi) is 4.66. The zero-order valence-electron chi connectivity index (χ0n) is 8.13. The number of rotatable bonds is 6. The van der Waals surface area contributed by atoms with Gasteiger partial charge in [0.25, 0.3) is 0 Å². The summed E-state index contributed by atoms with van der Waals surface area (Å²) >= 11 is 0. The lowest BCUT2D eigenvalue weighted by Crippen LogP contribution is -2.46. The minimum atomic E-state index is -1.01. The summed E-state index contributed by atoms with van der Waals surface area (Å²) < 4.78 is 0. The molecule has 0 aliphatic carbocycles. The summed E-state index contributed by atoms with van der Waals surface area (Å²) in [6.45, 7) is 7.32. The molecule has 0 bridgehead atoms. The molecule has 1 unspecified atom stereocenters. The molecule has 76 valence electrons. The first-order valence-corrected chi connectivity index (χ1v) is 4.22. The van der Waals surface area contributed by atoms with E-state index in [2.05, 4.69) is 11.9 Å². The second kappa shape index (κ2) is 4.99. The molecule has 0 aromatic carbocycles. The number of nitrogens with one attached hydrogen (secondary N) is 1. The first kappa shape index (κ1) is 12.1. The van der Waals surface area contributed by atoms with Crippen LogP contribution in [0.5, 0.6) is 0 Å². The van der Waals surface area contributed by atoms with Gasteiger partial charge in [-0.05, 0) is 13.3 Å². The molecule has 0 amide bonds. The van der Waals surface area contributed by atoms with Crippen molar-refractivity contribution in [3.8, 4) is 0 Å². The smallest absolute Gasteiger partial charge is 0.332 e. The van der Waals surface area contributed by atoms with E-state index in [-0.39, 0.29) is 18.7 Å². The van der Waals surface area contributed by atoms with Crippen LogP contribution in [0.15, 0.2) is 12.2 Å². The van der Waals surface area contributed by atoms with Gasteiger partial charge < -0.3 is 15.5 Å². The number of carboxylic acids is 1. The summed E-state index contributed by atoms with van der Waals surface area (Å²) in [5.74, 6) is -1.01. The van der Waals surface area contributed by atoms with Crippen molar-refractivity contribution < 1.29 is 15.0 Å². The quantitative estimate of drug-likeness (QED) is 0.526. The number of carbonyl (C=O) groups is 1. The largest absolute Gasteiger partial charge is 0.478 e. The van der Waals surface area contributed by atoms with Crippen molar-refractivity contribution >= 4 is 5.97 Å². The van der Waals surface area contributed by atoms with Crippen LogP contribution < -0.4 is 5.32 Å². The molecule has 0 saturated carbocycles. The number of hydrogen-bond donors (Lipinski definition) is 3. The highest BCUT2D eigenvalue weighted by molar-refractivity contribution is 5.86. The van der Waals surface area contributed by atoms with Crippen molar-refractivity contribution in [3.05, 3.63) is 12.2 Å². The van der Waals surface area contributed by atoms with Gasteiger partial charge in [0.2, 0.25) is 0 Å². The van der Waals surface area contributed by atoms with Crippen molar-refractivity contribution in [2.45, 2.75) is 25.8 Å². The molecular weight excluding hydrogens is 170 g/mol. The third-order valence-electron chi connectivity index (χ3n) is 2.16. The Morgan fingerprint density at radius 1 is 1.62 bits per heavy atom. The van der Waals surface area contributed by atoms with Gasteiger partial charge in [-0.15, -0.1) is 0 Å². The predicted molar refractivity (Wildman–Crippen MR) is 50.6 cm³/mol. The van der Waals surface area contributed by atoms with Crippen molar-refractivity contribution in [1.29, 1.82) is 0 Å². The highest BCUT2D eigenvalue weighted by Crippen LogP contribution is 2.07. The summed E-state index contributed by atoms with van der Waals surface area (Å²) in [7, 11) is 0. The number of carboxylic acid groups (broad SMARTS) is 1. The van der Waals surface area contributed by atoms with Gasteiger partial charge >= 0.3 is 5.97 Å². The van der Waals surface area contributed by atoms with Crippen LogP contribution in [0.2, 0.25) is 0 Å². The van der Waals surface area contributed by atoms with E-state index in [4.69, 9.17) is 10.2 Å². The zero-order valence-corrected chi connectivity index (χ0v) is 8.13. The molecule has 0 aromatic rings. The number of aliphatic hydroxyl groups excluding tert-OH is 1. The van der Waals surface area contributed by atoms with Gasteiger partial charge in [0.1, 0.15) is 0 Å². The molecule has 0 saturated heterocycles. The van der Waals surface area contributed by atoms with Gasteiger partial charge in [0, 0.05) is 17.7 Å². The molecular formula is C9H17NO3. The molecule has 1 atom stereocenters. The Bertz CT molecular complexity index is 197. The van der Waals surface area contributed by atoms with E-state index in [0.29, 0.717) is 0 Å². The third kappa shape index (κ3) is 4.05. The lowest BCUT2D eigenvalue weighted by atomic mass is 10.00. The molecule has 4 nitrogen and oxygen atoms in total. The van der Waals surface area contributed by atoms with Gasteiger partial charge in [-0.25, -0.2) is 4.79 Å². The summed E-state index contributed by atoms with van der Waals surface area (Å²) in [6.07, 6.45) is 0.733. The zero-order chi connectivity index (χ0) is 10.5. The second-order valence-corrected chi connectivity index (χ2v) is 3.33. The SMILES string of the molecule is C=C(CNC(C)(CC)CO)C(=O)O. The van der Waals surface area contributed by atoms with E-state index in [1.54, 1.807) is 0 Å². The molecule has 0 radical (unpaired) electrons. The van der Waals surface area contributed by atoms with Crippen LogP contribution in [-0.4, -0.2) is 34.9 Å². The summed E-state index contributed by atoms with van der Waals surface area (Å²) in [6, 6.07) is 0. The van der Waals surface area contributed by atoms with Gasteiger partial charge in [0.15, 0.2) is 0 Å². The van der Waals surface area contributed by atoms with E-state index in [0.717, 1.165) is 6.42 Å². The fourth-order valence-electron chi connectivity index (χ4n) is 0.688. The average Bonchev–Trinajstić information content (AvgIpc) is 2.13. The Hall–Kier alpha value is -0.870. The monoisotopic (exact) mass is 187 g/mol. The van der Waals surface area contributed by atoms with Crippen LogP contribution in [0.25, 0.3) is 0 Å². The van der Waals surface area contributed by atoms with Gasteiger partial charge in [-0.1, -0.05) is 13.5 Å². The molecule has 4 heteroatoms. The van der Waals surface area contributed by atoms with E-state index in [9.17, 15) is 4.79 Å². The molecule has 0 aliphatic heterocycles. The molecule has 0 aromatic heterocycles. The highest BCUT2D eigenvalue weighted by atomic mass is 16.4. The molecule has 0 fully saturated rings. The van der Waals surface area contributed by atoms with E-state index in [1.807, 2.05) is 13.8 Å². The minimum Gasteiger partial charge on any atom is -0.478 e. The van der Waals surface area contributed by atoms with E-state index >= 15 is 0 Å². The van der Waals surface area contributed by atoms with Gasteiger partial charge in [-0.3, -0.25) is 0 Å².